The Hall–Kier alpha value is -3.81. The Morgan fingerprint density at radius 3 is 2.52 bits per heavy atom. The molecule has 29 heavy (non-hydrogen) atoms. The number of benzene rings is 2. The van der Waals surface area contributed by atoms with Crippen LogP contribution >= 0.6 is 0 Å². The Labute approximate surface area is 168 Å². The second-order valence-electron chi connectivity index (χ2n) is 6.45. The van der Waals surface area contributed by atoms with Gasteiger partial charge in [-0.2, -0.15) is 0 Å². The second kappa shape index (κ2) is 9.41. The Balaban J connectivity index is 1.50. The van der Waals surface area contributed by atoms with Crippen LogP contribution in [0.1, 0.15) is 11.5 Å². The molecule has 2 aromatic carbocycles. The topological polar surface area (TPSA) is 96.7 Å². The number of rotatable bonds is 7. The van der Waals surface area contributed by atoms with Crippen LogP contribution in [0.15, 0.2) is 65.2 Å². The summed E-state index contributed by atoms with van der Waals surface area (Å²) < 4.78 is 10.5. The van der Waals surface area contributed by atoms with Crippen LogP contribution in [0.5, 0.6) is 5.75 Å². The number of aryl methyl sites for hydroxylation is 1. The number of ether oxygens (including phenoxy) is 1. The van der Waals surface area contributed by atoms with Gasteiger partial charge < -0.3 is 24.8 Å². The molecule has 0 spiro atoms. The van der Waals surface area contributed by atoms with E-state index in [1.807, 2.05) is 18.2 Å². The van der Waals surface area contributed by atoms with Crippen molar-refractivity contribution in [3.05, 3.63) is 72.1 Å². The average molecular weight is 394 g/mol. The molecular weight excluding hydrogens is 372 g/mol. The lowest BCUT2D eigenvalue weighted by atomic mass is 10.3. The van der Waals surface area contributed by atoms with Gasteiger partial charge in [0.1, 0.15) is 17.2 Å². The molecule has 0 fully saturated rings. The van der Waals surface area contributed by atoms with Gasteiger partial charge in [0.15, 0.2) is 6.61 Å². The predicted molar refractivity (Wildman–Crippen MR) is 109 cm³/mol. The summed E-state index contributed by atoms with van der Waals surface area (Å²) in [5.41, 5.74) is 1.92. The number of aromatic nitrogens is 1. The van der Waals surface area contributed by atoms with E-state index in [0.29, 0.717) is 35.1 Å². The number of para-hydroxylation sites is 1. The molecule has 3 aromatic rings. The number of hydrogen-bond acceptors (Lipinski definition) is 5. The van der Waals surface area contributed by atoms with Gasteiger partial charge in [0.2, 0.25) is 0 Å². The van der Waals surface area contributed by atoms with Gasteiger partial charge >= 0.3 is 6.03 Å². The lowest BCUT2D eigenvalue weighted by Crippen LogP contribution is -2.30. The summed E-state index contributed by atoms with van der Waals surface area (Å²) in [5, 5.41) is 9.41. The van der Waals surface area contributed by atoms with Crippen molar-refractivity contribution in [2.45, 2.75) is 13.5 Å². The molecule has 8 heteroatoms. The number of hydrogen-bond donors (Lipinski definition) is 2. The zero-order valence-corrected chi connectivity index (χ0v) is 16.2. The van der Waals surface area contributed by atoms with Crippen LogP contribution in [-0.4, -0.2) is 35.6 Å². The highest BCUT2D eigenvalue weighted by molar-refractivity contribution is 5.92. The van der Waals surface area contributed by atoms with E-state index in [-0.39, 0.29) is 18.5 Å². The number of nitrogens with one attached hydrogen (secondary N) is 2. The van der Waals surface area contributed by atoms with E-state index in [4.69, 9.17) is 9.26 Å². The van der Waals surface area contributed by atoms with Crippen LogP contribution in [-0.2, 0) is 11.3 Å². The van der Waals surface area contributed by atoms with E-state index >= 15 is 0 Å². The average Bonchev–Trinajstić information content (AvgIpc) is 3.12. The van der Waals surface area contributed by atoms with Crippen LogP contribution in [0, 0.1) is 6.92 Å². The largest absolute Gasteiger partial charge is 0.484 e. The molecule has 0 saturated carbocycles. The molecule has 0 aliphatic heterocycles. The fourth-order valence-corrected chi connectivity index (χ4v) is 2.56. The molecule has 0 saturated heterocycles. The summed E-state index contributed by atoms with van der Waals surface area (Å²) in [7, 11) is 1.66. The second-order valence-corrected chi connectivity index (χ2v) is 6.45. The smallest absolute Gasteiger partial charge is 0.321 e. The molecule has 0 aliphatic carbocycles. The van der Waals surface area contributed by atoms with Crippen molar-refractivity contribution >= 4 is 23.3 Å². The van der Waals surface area contributed by atoms with Gasteiger partial charge in [-0.1, -0.05) is 29.4 Å². The zero-order chi connectivity index (χ0) is 20.6. The van der Waals surface area contributed by atoms with Gasteiger partial charge in [-0.25, -0.2) is 4.79 Å². The fourth-order valence-electron chi connectivity index (χ4n) is 2.56. The van der Waals surface area contributed by atoms with E-state index in [9.17, 15) is 9.59 Å². The Morgan fingerprint density at radius 1 is 1.03 bits per heavy atom. The van der Waals surface area contributed by atoms with E-state index < -0.39 is 0 Å². The Morgan fingerprint density at radius 2 is 1.79 bits per heavy atom. The number of carbonyl (C=O) groups excluding carboxylic acids is 2. The van der Waals surface area contributed by atoms with Crippen molar-refractivity contribution in [3.63, 3.8) is 0 Å². The van der Waals surface area contributed by atoms with Gasteiger partial charge in [-0.05, 0) is 31.2 Å². The van der Waals surface area contributed by atoms with E-state index in [0.717, 1.165) is 0 Å². The quantitative estimate of drug-likeness (QED) is 0.637. The minimum atomic E-state index is -0.301. The zero-order valence-electron chi connectivity index (χ0n) is 16.2. The standard InChI is InChI=1S/C21H22N4O4/c1-15-11-18(24-29-15)13-25(2)21(27)23-17-9-6-10-19(12-17)28-14-20(26)22-16-7-4-3-5-8-16/h3-12H,13-14H2,1-2H3,(H,22,26)(H,23,27). The number of anilines is 2. The molecule has 2 N–H and O–H groups in total. The molecule has 150 valence electrons. The van der Waals surface area contributed by atoms with Crippen molar-refractivity contribution in [3.8, 4) is 5.75 Å². The molecule has 0 bridgehead atoms. The molecular formula is C21H22N4O4. The number of urea groups is 1. The summed E-state index contributed by atoms with van der Waals surface area (Å²) in [4.78, 5) is 25.8. The third kappa shape index (κ3) is 6.10. The van der Waals surface area contributed by atoms with Gasteiger partial charge in [0.25, 0.3) is 5.91 Å². The van der Waals surface area contributed by atoms with Crippen molar-refractivity contribution < 1.29 is 18.8 Å². The maximum Gasteiger partial charge on any atom is 0.321 e. The van der Waals surface area contributed by atoms with E-state index in [2.05, 4.69) is 15.8 Å². The van der Waals surface area contributed by atoms with Gasteiger partial charge in [-0.15, -0.1) is 0 Å². The first kappa shape index (κ1) is 19.9. The van der Waals surface area contributed by atoms with Gasteiger partial charge in [0.05, 0.1) is 6.54 Å². The Kier molecular flexibility index (Phi) is 6.47. The lowest BCUT2D eigenvalue weighted by Gasteiger charge is -2.17. The molecule has 0 unspecified atom stereocenters. The highest BCUT2D eigenvalue weighted by atomic mass is 16.5. The van der Waals surface area contributed by atoms with Gasteiger partial charge in [-0.3, -0.25) is 4.79 Å². The first-order valence-electron chi connectivity index (χ1n) is 9.01. The van der Waals surface area contributed by atoms with Crippen LogP contribution < -0.4 is 15.4 Å². The van der Waals surface area contributed by atoms with E-state index in [1.54, 1.807) is 56.4 Å². The molecule has 0 atom stereocenters. The summed E-state index contributed by atoms with van der Waals surface area (Å²) >= 11 is 0. The first-order valence-corrected chi connectivity index (χ1v) is 9.01. The van der Waals surface area contributed by atoms with E-state index in [1.165, 1.54) is 4.90 Å². The third-order valence-electron chi connectivity index (χ3n) is 3.94. The fraction of sp³-hybridized carbons (Fsp3) is 0.190. The predicted octanol–water partition coefficient (Wildman–Crippen LogP) is 3.66. The molecule has 1 heterocycles. The summed E-state index contributed by atoms with van der Waals surface area (Å²) in [6.45, 7) is 1.97. The highest BCUT2D eigenvalue weighted by Gasteiger charge is 2.12. The highest BCUT2D eigenvalue weighted by Crippen LogP contribution is 2.18. The van der Waals surface area contributed by atoms with Crippen molar-refractivity contribution in [2.75, 3.05) is 24.3 Å². The Bertz CT molecular complexity index is 972. The maximum absolute atomic E-state index is 12.4. The molecule has 3 amide bonds. The normalized spacial score (nSPS) is 10.3. The maximum atomic E-state index is 12.4. The lowest BCUT2D eigenvalue weighted by molar-refractivity contribution is -0.118. The minimum Gasteiger partial charge on any atom is -0.484 e. The van der Waals surface area contributed by atoms with Gasteiger partial charge in [0, 0.05) is 30.6 Å². The summed E-state index contributed by atoms with van der Waals surface area (Å²) in [6.07, 6.45) is 0. The number of carbonyl (C=O) groups is 2. The molecule has 8 nitrogen and oxygen atoms in total. The number of amides is 3. The van der Waals surface area contributed by atoms with Crippen molar-refractivity contribution in [1.29, 1.82) is 0 Å². The van der Waals surface area contributed by atoms with Crippen molar-refractivity contribution in [1.82, 2.24) is 10.1 Å². The minimum absolute atomic E-state index is 0.141. The van der Waals surface area contributed by atoms with Crippen molar-refractivity contribution in [2.24, 2.45) is 0 Å². The van der Waals surface area contributed by atoms with Crippen LogP contribution in [0.2, 0.25) is 0 Å². The van der Waals surface area contributed by atoms with Crippen LogP contribution in [0.4, 0.5) is 16.2 Å². The third-order valence-corrected chi connectivity index (χ3v) is 3.94. The summed E-state index contributed by atoms with van der Waals surface area (Å²) in [6, 6.07) is 17.5. The molecule has 1 aromatic heterocycles. The molecule has 0 aliphatic rings. The number of nitrogens with zero attached hydrogens (tertiary/aromatic N) is 2. The SMILES string of the molecule is Cc1cc(CN(C)C(=O)Nc2cccc(OCC(=O)Nc3ccccc3)c2)no1. The molecule has 0 radical (unpaired) electrons. The first-order chi connectivity index (χ1) is 14.0. The monoisotopic (exact) mass is 394 g/mol. The van der Waals surface area contributed by atoms with Crippen LogP contribution in [0.3, 0.4) is 0 Å². The summed E-state index contributed by atoms with van der Waals surface area (Å²) in [5.74, 6) is 0.893. The molecule has 3 rings (SSSR count). The van der Waals surface area contributed by atoms with Crippen LogP contribution in [0.25, 0.3) is 0 Å².